The molecule has 1 radical (unpaired) electrons. The maximum atomic E-state index is 3.35. The van der Waals surface area contributed by atoms with Crippen molar-refractivity contribution in [2.45, 2.75) is 104 Å². The molecule has 0 saturated heterocycles. The lowest BCUT2D eigenvalue weighted by molar-refractivity contribution is 0.604. The van der Waals surface area contributed by atoms with Gasteiger partial charge in [0.2, 0.25) is 0 Å². The van der Waals surface area contributed by atoms with E-state index in [4.69, 9.17) is 0 Å². The monoisotopic (exact) mass is 301 g/mol. The Morgan fingerprint density at radius 1 is 0.591 bits per heavy atom. The van der Waals surface area contributed by atoms with Gasteiger partial charge in [0, 0.05) is 0 Å². The Hall–Kier alpha value is -0.780. The van der Waals surface area contributed by atoms with E-state index in [2.05, 4.69) is 38.1 Å². The summed E-state index contributed by atoms with van der Waals surface area (Å²) in [6, 6.07) is 10.2. The molecule has 0 saturated carbocycles. The summed E-state index contributed by atoms with van der Waals surface area (Å²) in [7, 11) is 0. The van der Waals surface area contributed by atoms with E-state index in [0.717, 1.165) is 0 Å². The summed E-state index contributed by atoms with van der Waals surface area (Å²) in [6.07, 6.45) is 19.1. The third-order valence-electron chi connectivity index (χ3n) is 4.55. The SMILES string of the molecule is CCCCCCCCc1c[c]cc(CCCCCCCC)c1. The van der Waals surface area contributed by atoms with Crippen LogP contribution in [0.15, 0.2) is 18.2 Å². The van der Waals surface area contributed by atoms with Crippen molar-refractivity contribution in [2.75, 3.05) is 0 Å². The average molecular weight is 302 g/mol. The molecule has 0 N–H and O–H groups in total. The van der Waals surface area contributed by atoms with Gasteiger partial charge in [-0.3, -0.25) is 0 Å². The first-order valence-electron chi connectivity index (χ1n) is 9.85. The first-order chi connectivity index (χ1) is 10.9. The summed E-state index contributed by atoms with van der Waals surface area (Å²) in [5.41, 5.74) is 3.00. The quantitative estimate of drug-likeness (QED) is 0.316. The van der Waals surface area contributed by atoms with Crippen molar-refractivity contribution < 1.29 is 0 Å². The fourth-order valence-corrected chi connectivity index (χ4v) is 3.08. The van der Waals surface area contributed by atoms with Gasteiger partial charge in [0.05, 0.1) is 0 Å². The zero-order valence-corrected chi connectivity index (χ0v) is 15.1. The molecule has 0 aliphatic heterocycles. The molecule has 1 rings (SSSR count). The molecular weight excluding hydrogens is 264 g/mol. The van der Waals surface area contributed by atoms with Gasteiger partial charge in [-0.05, 0) is 42.9 Å². The van der Waals surface area contributed by atoms with Crippen LogP contribution in [0.2, 0.25) is 0 Å². The van der Waals surface area contributed by atoms with Crippen LogP contribution in [-0.2, 0) is 12.8 Å². The number of hydrogen-bond acceptors (Lipinski definition) is 0. The number of hydrogen-bond donors (Lipinski definition) is 0. The van der Waals surface area contributed by atoms with Crippen LogP contribution in [0.3, 0.4) is 0 Å². The molecule has 0 amide bonds. The lowest BCUT2D eigenvalue weighted by atomic mass is 10.00. The molecule has 0 unspecified atom stereocenters. The van der Waals surface area contributed by atoms with E-state index < -0.39 is 0 Å². The highest BCUT2D eigenvalue weighted by molar-refractivity contribution is 5.22. The summed E-state index contributed by atoms with van der Waals surface area (Å²) >= 11 is 0. The topological polar surface area (TPSA) is 0 Å². The molecule has 0 spiro atoms. The number of benzene rings is 1. The molecule has 0 aliphatic carbocycles. The van der Waals surface area contributed by atoms with Crippen molar-refractivity contribution in [1.29, 1.82) is 0 Å². The second-order valence-corrected chi connectivity index (χ2v) is 6.79. The fourth-order valence-electron chi connectivity index (χ4n) is 3.08. The first-order valence-corrected chi connectivity index (χ1v) is 9.85. The van der Waals surface area contributed by atoms with E-state index >= 15 is 0 Å². The van der Waals surface area contributed by atoms with Gasteiger partial charge in [-0.2, -0.15) is 0 Å². The number of aryl methyl sites for hydroxylation is 2. The third kappa shape index (κ3) is 10.0. The van der Waals surface area contributed by atoms with Crippen LogP contribution in [0, 0.1) is 6.07 Å². The molecule has 1 aromatic carbocycles. The van der Waals surface area contributed by atoms with Gasteiger partial charge in [-0.15, -0.1) is 0 Å². The van der Waals surface area contributed by atoms with Crippen LogP contribution in [0.5, 0.6) is 0 Å². The van der Waals surface area contributed by atoms with Gasteiger partial charge in [-0.1, -0.05) is 96.3 Å². The fraction of sp³-hybridized carbons (Fsp3) is 0.727. The van der Waals surface area contributed by atoms with Crippen molar-refractivity contribution in [2.24, 2.45) is 0 Å². The molecule has 22 heavy (non-hydrogen) atoms. The molecule has 0 atom stereocenters. The number of unbranched alkanes of at least 4 members (excludes halogenated alkanes) is 10. The van der Waals surface area contributed by atoms with Crippen molar-refractivity contribution in [3.8, 4) is 0 Å². The summed E-state index contributed by atoms with van der Waals surface area (Å²) in [5.74, 6) is 0. The molecule has 1 aromatic rings. The van der Waals surface area contributed by atoms with E-state index in [1.54, 1.807) is 0 Å². The predicted molar refractivity (Wildman–Crippen MR) is 99.4 cm³/mol. The Morgan fingerprint density at radius 2 is 1.00 bits per heavy atom. The standard InChI is InChI=1S/C22H37/c1-3-5-7-9-11-13-16-21-18-15-19-22(20-21)17-14-12-10-8-6-4-2/h18-20H,3-14,16-17H2,1-2H3. The lowest BCUT2D eigenvalue weighted by Crippen LogP contribution is -1.91. The number of rotatable bonds is 14. The minimum atomic E-state index is 1.24. The van der Waals surface area contributed by atoms with Crippen LogP contribution in [0.1, 0.15) is 102 Å². The second-order valence-electron chi connectivity index (χ2n) is 6.79. The van der Waals surface area contributed by atoms with E-state index in [9.17, 15) is 0 Å². The van der Waals surface area contributed by atoms with Gasteiger partial charge in [0.1, 0.15) is 0 Å². The Balaban J connectivity index is 2.13. The summed E-state index contributed by atoms with van der Waals surface area (Å²) in [5, 5.41) is 0. The van der Waals surface area contributed by atoms with Gasteiger partial charge in [0.25, 0.3) is 0 Å². The maximum Gasteiger partial charge on any atom is -0.0178 e. The predicted octanol–water partition coefficient (Wildman–Crippen LogP) is 7.29. The second kappa shape index (κ2) is 13.9. The molecular formula is C22H37. The van der Waals surface area contributed by atoms with Gasteiger partial charge in [-0.25, -0.2) is 0 Å². The summed E-state index contributed by atoms with van der Waals surface area (Å²) in [4.78, 5) is 0. The van der Waals surface area contributed by atoms with E-state index in [-0.39, 0.29) is 0 Å². The van der Waals surface area contributed by atoms with E-state index in [0.29, 0.717) is 0 Å². The average Bonchev–Trinajstić information content (AvgIpc) is 2.54. The Labute approximate surface area is 139 Å². The molecule has 0 aliphatic rings. The Bertz CT molecular complexity index is 322. The van der Waals surface area contributed by atoms with Gasteiger partial charge >= 0.3 is 0 Å². The Morgan fingerprint density at radius 3 is 1.45 bits per heavy atom. The van der Waals surface area contributed by atoms with E-state index in [1.807, 2.05) is 0 Å². The Kier molecular flexibility index (Phi) is 12.1. The van der Waals surface area contributed by atoms with Crippen molar-refractivity contribution in [3.63, 3.8) is 0 Å². The molecule has 0 heteroatoms. The molecule has 0 bridgehead atoms. The van der Waals surface area contributed by atoms with Gasteiger partial charge < -0.3 is 0 Å². The summed E-state index contributed by atoms with van der Waals surface area (Å²) < 4.78 is 0. The highest BCUT2D eigenvalue weighted by atomic mass is 14.0. The maximum absolute atomic E-state index is 3.35. The van der Waals surface area contributed by atoms with Crippen molar-refractivity contribution in [3.05, 3.63) is 35.4 Å². The van der Waals surface area contributed by atoms with Crippen LogP contribution < -0.4 is 0 Å². The van der Waals surface area contributed by atoms with Gasteiger partial charge in [0.15, 0.2) is 0 Å². The zero-order chi connectivity index (χ0) is 15.9. The van der Waals surface area contributed by atoms with Crippen LogP contribution in [-0.4, -0.2) is 0 Å². The third-order valence-corrected chi connectivity index (χ3v) is 4.55. The lowest BCUT2D eigenvalue weighted by Gasteiger charge is -2.06. The highest BCUT2D eigenvalue weighted by Gasteiger charge is 1.98. The van der Waals surface area contributed by atoms with Crippen LogP contribution in [0.4, 0.5) is 0 Å². The largest absolute Gasteiger partial charge is 0.0654 e. The molecule has 0 nitrogen and oxygen atoms in total. The normalized spacial score (nSPS) is 11.0. The minimum Gasteiger partial charge on any atom is -0.0654 e. The summed E-state index contributed by atoms with van der Waals surface area (Å²) in [6.45, 7) is 4.57. The smallest absolute Gasteiger partial charge is 0.0178 e. The highest BCUT2D eigenvalue weighted by Crippen LogP contribution is 2.14. The van der Waals surface area contributed by atoms with Crippen molar-refractivity contribution in [1.82, 2.24) is 0 Å². The van der Waals surface area contributed by atoms with Crippen molar-refractivity contribution >= 4 is 0 Å². The molecule has 0 heterocycles. The zero-order valence-electron chi connectivity index (χ0n) is 15.1. The molecule has 0 fully saturated rings. The van der Waals surface area contributed by atoms with E-state index in [1.165, 1.54) is 101 Å². The minimum absolute atomic E-state index is 1.24. The molecule has 125 valence electrons. The molecule has 0 aromatic heterocycles. The first kappa shape index (κ1) is 19.3. The van der Waals surface area contributed by atoms with Crippen LogP contribution in [0.25, 0.3) is 0 Å². The van der Waals surface area contributed by atoms with Crippen LogP contribution >= 0.6 is 0 Å².